The Hall–Kier alpha value is -7.94. The molecule has 0 saturated heterocycles. The van der Waals surface area contributed by atoms with Gasteiger partial charge in [0.1, 0.15) is 28.4 Å². The Morgan fingerprint density at radius 3 is 0.963 bits per heavy atom. The molecule has 0 saturated carbocycles. The largest absolute Gasteiger partial charge is 0.475 e. The highest BCUT2D eigenvalue weighted by molar-refractivity contribution is 5.95. The van der Waals surface area contributed by atoms with Crippen molar-refractivity contribution in [1.29, 1.82) is 0 Å². The highest BCUT2D eigenvalue weighted by atomic mass is 35.5. The number of methoxy groups -OCH3 is 3. The Kier molecular flexibility index (Phi) is 32.7. The van der Waals surface area contributed by atoms with Crippen LogP contribution in [0.25, 0.3) is 0 Å². The molecule has 5 rings (SSSR count). The number of nitrogens with two attached hydrogens (primary N) is 1. The van der Waals surface area contributed by atoms with E-state index in [0.29, 0.717) is 35.0 Å². The van der Waals surface area contributed by atoms with Crippen LogP contribution in [0.3, 0.4) is 0 Å². The van der Waals surface area contributed by atoms with Gasteiger partial charge in [-0.25, -0.2) is 44.1 Å². The lowest BCUT2D eigenvalue weighted by Gasteiger charge is -2.18. The lowest BCUT2D eigenvalue weighted by molar-refractivity contribution is -0.155. The third kappa shape index (κ3) is 28.7. The Bertz CT molecular complexity index is 2910. The summed E-state index contributed by atoms with van der Waals surface area (Å²) in [5, 5.41) is 8.80. The predicted molar refractivity (Wildman–Crippen MR) is 300 cm³/mol. The Balaban J connectivity index is -0.000000998. The number of aryl methyl sites for hydroxylation is 5. The molecule has 0 aliphatic carbocycles. The van der Waals surface area contributed by atoms with E-state index in [2.05, 4.69) is 39.1 Å². The van der Waals surface area contributed by atoms with E-state index in [0.717, 1.165) is 0 Å². The van der Waals surface area contributed by atoms with E-state index in [1.165, 1.54) is 45.8 Å². The number of carboxylic acids is 1. The molecule has 0 bridgehead atoms. The summed E-state index contributed by atoms with van der Waals surface area (Å²) in [4.78, 5) is 122. The average molecular weight is 1190 g/mol. The third-order valence-corrected chi connectivity index (χ3v) is 9.22. The van der Waals surface area contributed by atoms with Crippen molar-refractivity contribution in [2.75, 3.05) is 27.1 Å². The molecule has 454 valence electrons. The fraction of sp³-hybridized carbons (Fsp3) is 0.538. The van der Waals surface area contributed by atoms with Crippen molar-refractivity contribution in [2.45, 2.75) is 132 Å². The first-order chi connectivity index (χ1) is 35.8. The van der Waals surface area contributed by atoms with Crippen molar-refractivity contribution in [3.8, 4) is 0 Å². The topological polar surface area (TPSA) is 344 Å². The van der Waals surface area contributed by atoms with Crippen LogP contribution < -0.4 is 5.73 Å². The minimum Gasteiger partial charge on any atom is -0.475 e. The molecule has 5 heterocycles. The van der Waals surface area contributed by atoms with E-state index in [1.54, 1.807) is 134 Å². The summed E-state index contributed by atoms with van der Waals surface area (Å²) < 4.78 is 36.7. The first-order valence-electron chi connectivity index (χ1n) is 23.9. The monoisotopic (exact) mass is 1190 g/mol. The molecule has 27 nitrogen and oxygen atoms in total. The zero-order valence-electron chi connectivity index (χ0n) is 48.9. The normalized spacial score (nSPS) is 10.4. The molecule has 0 aromatic carbocycles. The Morgan fingerprint density at radius 1 is 0.469 bits per heavy atom. The molecular formula is C52H81Cl2N11O16. The van der Waals surface area contributed by atoms with Crippen LogP contribution in [0.2, 0.25) is 0 Å². The second-order valence-corrected chi connectivity index (χ2v) is 20.0. The molecule has 5 aromatic heterocycles. The van der Waals surface area contributed by atoms with Gasteiger partial charge in [-0.1, -0.05) is 14.4 Å². The molecule has 0 unspecified atom stereocenters. The molecular weight excluding hydrogens is 1110 g/mol. The number of hydrogen-bond acceptors (Lipinski definition) is 21. The maximum absolute atomic E-state index is 12.6. The molecule has 0 aliphatic heterocycles. The summed E-state index contributed by atoms with van der Waals surface area (Å²) >= 11 is 0. The van der Waals surface area contributed by atoms with Crippen LogP contribution in [0.1, 0.15) is 166 Å². The smallest absolute Gasteiger partial charge is 0.374 e. The fourth-order valence-electron chi connectivity index (χ4n) is 6.06. The van der Waals surface area contributed by atoms with Crippen LogP contribution in [0, 0.1) is 0 Å². The lowest BCUT2D eigenvalue weighted by atomic mass is 10.2. The number of carbonyl (C=O) groups is 9. The minimum atomic E-state index is -1.12. The molecule has 5 aromatic rings. The molecule has 3 N–H and O–H groups in total. The predicted octanol–water partition coefficient (Wildman–Crippen LogP) is 5.60. The summed E-state index contributed by atoms with van der Waals surface area (Å²) in [7, 11) is 12.1. The van der Waals surface area contributed by atoms with E-state index in [9.17, 15) is 43.2 Å². The van der Waals surface area contributed by atoms with Crippen LogP contribution in [0.4, 0.5) is 5.82 Å². The van der Waals surface area contributed by atoms with Crippen molar-refractivity contribution in [2.24, 2.45) is 35.2 Å². The number of carboxylic acid groups (broad SMARTS) is 1. The number of ether oxygens (including phenoxy) is 6. The molecule has 0 amide bonds. The standard InChI is InChI=1S/C18H24N4O5.C12H18N2O4.C11H16N2O4.C6H9N3O2.C4H8O.CH4.2ClH/c1-18(2,3)27-14(24)8-12-10-21(4)15(19-12)13(23)7-11-9-22(5)16(20-11)17(25)26-6;1-12(2,3)18-9(15)6-8-7-14(4)10(13-8)11(16)17-5;1-11(2,3)17-8(14)5-7-6-13(4)9(12-7)10(15)16;1-9-3-4(7)8-5(9)6(10)11-2;1-3-4(2)5;;;/h9-10H,7-8H2,1-6H3;7H,6H2,1-5H3;6H,5H2,1-4H3,(H,15,16);3H,7H2,1-2H3;3H2,1-2H3;1H4;2*1H. The highest BCUT2D eigenvalue weighted by Crippen LogP contribution is 2.15. The van der Waals surface area contributed by atoms with Gasteiger partial charge < -0.3 is 66.9 Å². The number of anilines is 1. The summed E-state index contributed by atoms with van der Waals surface area (Å²) in [6.45, 7) is 19.5. The number of hydrogen-bond donors (Lipinski definition) is 2. The van der Waals surface area contributed by atoms with Gasteiger partial charge in [0.05, 0.1) is 69.8 Å². The number of carbonyl (C=O) groups excluding carboxylic acids is 8. The number of rotatable bonds is 14. The maximum Gasteiger partial charge on any atom is 0.374 e. The van der Waals surface area contributed by atoms with Gasteiger partial charge >= 0.3 is 41.8 Å². The first-order valence-corrected chi connectivity index (χ1v) is 23.9. The molecule has 0 fully saturated rings. The van der Waals surface area contributed by atoms with Crippen LogP contribution >= 0.6 is 24.8 Å². The van der Waals surface area contributed by atoms with Gasteiger partial charge in [0.2, 0.25) is 29.1 Å². The van der Waals surface area contributed by atoms with Gasteiger partial charge in [-0.05, 0) is 69.2 Å². The molecule has 0 spiro atoms. The van der Waals surface area contributed by atoms with Gasteiger partial charge in [-0.15, -0.1) is 24.8 Å². The minimum absolute atomic E-state index is 0. The number of Topliss-reactive ketones (excluding diaryl/α,β-unsaturated/α-hetero) is 2. The second kappa shape index (κ2) is 34.3. The van der Waals surface area contributed by atoms with Gasteiger partial charge in [-0.3, -0.25) is 19.2 Å². The van der Waals surface area contributed by atoms with Gasteiger partial charge in [-0.2, -0.15) is 0 Å². The molecule has 0 atom stereocenters. The molecule has 0 radical (unpaired) electrons. The van der Waals surface area contributed by atoms with Crippen molar-refractivity contribution in [3.63, 3.8) is 0 Å². The van der Waals surface area contributed by atoms with Crippen LogP contribution in [-0.2, 0) is 109 Å². The van der Waals surface area contributed by atoms with Crippen molar-refractivity contribution < 1.29 is 76.7 Å². The average Bonchev–Trinajstić information content (AvgIpc) is 4.12. The zero-order valence-corrected chi connectivity index (χ0v) is 50.5. The van der Waals surface area contributed by atoms with Gasteiger partial charge in [0.25, 0.3) is 0 Å². The number of nitrogen functional groups attached to an aromatic ring is 1. The van der Waals surface area contributed by atoms with Crippen molar-refractivity contribution in [1.82, 2.24) is 47.8 Å². The van der Waals surface area contributed by atoms with Crippen molar-refractivity contribution in [3.05, 3.63) is 82.9 Å². The van der Waals surface area contributed by atoms with Crippen LogP contribution in [0.5, 0.6) is 0 Å². The van der Waals surface area contributed by atoms with E-state index < -0.39 is 52.6 Å². The fourth-order valence-corrected chi connectivity index (χ4v) is 6.06. The number of nitrogens with zero attached hydrogens (tertiary/aromatic N) is 10. The zero-order chi connectivity index (χ0) is 60.2. The molecule has 0 aliphatic rings. The van der Waals surface area contributed by atoms with E-state index in [4.69, 9.17) is 25.1 Å². The van der Waals surface area contributed by atoms with Gasteiger partial charge in [0, 0.05) is 72.6 Å². The lowest BCUT2D eigenvalue weighted by Crippen LogP contribution is -2.25. The van der Waals surface area contributed by atoms with E-state index in [-0.39, 0.29) is 105 Å². The van der Waals surface area contributed by atoms with E-state index >= 15 is 0 Å². The number of aromatic nitrogens is 10. The summed E-state index contributed by atoms with van der Waals surface area (Å²) in [5.41, 5.74) is 5.41. The number of esters is 6. The van der Waals surface area contributed by atoms with Crippen molar-refractivity contribution >= 4 is 84.0 Å². The first kappa shape index (κ1) is 77.3. The summed E-state index contributed by atoms with van der Waals surface area (Å²) in [6, 6.07) is 0. The SMILES string of the molecule is C.CCC(C)=O.COC(=O)c1nc(CC(=O)OC(C)(C)C)cn1C.COC(=O)c1nc(CC(=O)c2nc(CC(=O)OC(C)(C)C)cn2C)cn1C.COC(=O)c1nc(N)cn1C.Cl.Cl.Cn1cc(CC(=O)OC(C)(C)C)nc1C(=O)O. The number of imidazole rings is 5. The Labute approximate surface area is 484 Å². The highest BCUT2D eigenvalue weighted by Gasteiger charge is 2.24. The number of aromatic carboxylic acids is 1. The quantitative estimate of drug-likeness (QED) is 0.0776. The Morgan fingerprint density at radius 2 is 0.716 bits per heavy atom. The second-order valence-electron chi connectivity index (χ2n) is 20.0. The number of halogens is 2. The van der Waals surface area contributed by atoms with E-state index in [1.807, 2.05) is 6.92 Å². The third-order valence-electron chi connectivity index (χ3n) is 9.22. The summed E-state index contributed by atoms with van der Waals surface area (Å²) in [5.74, 6) is -3.03. The molecule has 81 heavy (non-hydrogen) atoms. The molecule has 29 heteroatoms. The van der Waals surface area contributed by atoms with Crippen LogP contribution in [0.15, 0.2) is 31.0 Å². The summed E-state index contributed by atoms with van der Waals surface area (Å²) in [6.07, 6.45) is 8.50. The maximum atomic E-state index is 12.6. The van der Waals surface area contributed by atoms with Crippen LogP contribution in [-0.4, -0.2) is 144 Å². The number of ketones is 2. The van der Waals surface area contributed by atoms with Gasteiger partial charge in [0.15, 0.2) is 5.82 Å².